The normalized spacial score (nSPS) is 16.2. The number of hydrogen-bond donors (Lipinski definition) is 0. The van der Waals surface area contributed by atoms with E-state index < -0.39 is 0 Å². The van der Waals surface area contributed by atoms with E-state index in [0.717, 1.165) is 12.8 Å². The van der Waals surface area contributed by atoms with Gasteiger partial charge in [0.05, 0.1) is 0 Å². The van der Waals surface area contributed by atoms with Crippen molar-refractivity contribution >= 4 is 5.78 Å². The molecular weight excluding hydrogens is 208 g/mol. The molecule has 0 aliphatic heterocycles. The molecule has 0 unspecified atom stereocenters. The zero-order valence-corrected chi connectivity index (χ0v) is 10.9. The van der Waals surface area contributed by atoms with E-state index in [1.165, 1.54) is 16.7 Å². The Morgan fingerprint density at radius 2 is 1.71 bits per heavy atom. The Labute approximate surface area is 104 Å². The van der Waals surface area contributed by atoms with E-state index in [0.29, 0.717) is 6.42 Å². The van der Waals surface area contributed by atoms with Gasteiger partial charge in [-0.1, -0.05) is 50.6 Å². The molecule has 1 aliphatic carbocycles. The maximum Gasteiger partial charge on any atom is 0.155 e. The SMILES string of the molecule is CC(C)(C)c1ccc(CC2=CC(=O)CC2)cc1. The molecule has 17 heavy (non-hydrogen) atoms. The van der Waals surface area contributed by atoms with Crippen LogP contribution in [0.1, 0.15) is 44.7 Å². The van der Waals surface area contributed by atoms with Crippen molar-refractivity contribution in [1.82, 2.24) is 0 Å². The second kappa shape index (κ2) is 4.48. The van der Waals surface area contributed by atoms with Gasteiger partial charge in [0.1, 0.15) is 0 Å². The van der Waals surface area contributed by atoms with Gasteiger partial charge in [0.2, 0.25) is 0 Å². The summed E-state index contributed by atoms with van der Waals surface area (Å²) in [6, 6.07) is 8.77. The van der Waals surface area contributed by atoms with Gasteiger partial charge in [0.25, 0.3) is 0 Å². The first-order chi connectivity index (χ1) is 7.95. The molecule has 1 nitrogen and oxygen atoms in total. The Bertz CT molecular complexity index is 443. The Morgan fingerprint density at radius 1 is 1.06 bits per heavy atom. The molecule has 0 spiro atoms. The molecule has 0 N–H and O–H groups in total. The van der Waals surface area contributed by atoms with Crippen LogP contribution in [0.2, 0.25) is 0 Å². The number of carbonyl (C=O) groups is 1. The molecule has 0 fully saturated rings. The van der Waals surface area contributed by atoms with E-state index in [-0.39, 0.29) is 11.2 Å². The number of benzene rings is 1. The van der Waals surface area contributed by atoms with Gasteiger partial charge in [-0.05, 0) is 35.5 Å². The second-order valence-corrected chi connectivity index (χ2v) is 5.89. The summed E-state index contributed by atoms with van der Waals surface area (Å²) in [6.07, 6.45) is 4.39. The number of rotatable bonds is 2. The Morgan fingerprint density at radius 3 is 2.18 bits per heavy atom. The van der Waals surface area contributed by atoms with Crippen molar-refractivity contribution in [1.29, 1.82) is 0 Å². The van der Waals surface area contributed by atoms with Crippen molar-refractivity contribution in [3.05, 3.63) is 47.0 Å². The predicted molar refractivity (Wildman–Crippen MR) is 71.2 cm³/mol. The summed E-state index contributed by atoms with van der Waals surface area (Å²) >= 11 is 0. The zero-order chi connectivity index (χ0) is 12.5. The van der Waals surface area contributed by atoms with Gasteiger partial charge in [-0.2, -0.15) is 0 Å². The van der Waals surface area contributed by atoms with E-state index in [4.69, 9.17) is 0 Å². The number of ketones is 1. The van der Waals surface area contributed by atoms with Crippen LogP contribution in [-0.2, 0) is 16.6 Å². The van der Waals surface area contributed by atoms with E-state index in [1.807, 2.05) is 6.08 Å². The Balaban J connectivity index is 2.09. The molecule has 1 aliphatic rings. The van der Waals surface area contributed by atoms with Crippen LogP contribution in [0.3, 0.4) is 0 Å². The smallest absolute Gasteiger partial charge is 0.155 e. The summed E-state index contributed by atoms with van der Waals surface area (Å²) in [5.41, 5.74) is 4.15. The molecule has 0 heterocycles. The summed E-state index contributed by atoms with van der Waals surface area (Å²) in [4.78, 5) is 11.2. The summed E-state index contributed by atoms with van der Waals surface area (Å²) < 4.78 is 0. The summed E-state index contributed by atoms with van der Waals surface area (Å²) in [7, 11) is 0. The van der Waals surface area contributed by atoms with Gasteiger partial charge in [-0.25, -0.2) is 0 Å². The average molecular weight is 228 g/mol. The van der Waals surface area contributed by atoms with Gasteiger partial charge in [-0.15, -0.1) is 0 Å². The maximum atomic E-state index is 11.2. The highest BCUT2D eigenvalue weighted by atomic mass is 16.1. The number of carbonyl (C=O) groups excluding carboxylic acids is 1. The van der Waals surface area contributed by atoms with E-state index in [9.17, 15) is 4.79 Å². The molecule has 2 rings (SSSR count). The third-order valence-electron chi connectivity index (χ3n) is 3.31. The summed E-state index contributed by atoms with van der Waals surface area (Å²) in [5, 5.41) is 0. The van der Waals surface area contributed by atoms with Crippen LogP contribution in [0.5, 0.6) is 0 Å². The van der Waals surface area contributed by atoms with Gasteiger partial charge in [-0.3, -0.25) is 4.79 Å². The molecule has 0 bridgehead atoms. The highest BCUT2D eigenvalue weighted by Crippen LogP contribution is 2.24. The number of hydrogen-bond acceptors (Lipinski definition) is 1. The highest BCUT2D eigenvalue weighted by Gasteiger charge is 2.14. The molecule has 0 atom stereocenters. The van der Waals surface area contributed by atoms with Gasteiger partial charge >= 0.3 is 0 Å². The quantitative estimate of drug-likeness (QED) is 0.752. The largest absolute Gasteiger partial charge is 0.295 e. The molecule has 0 radical (unpaired) electrons. The lowest BCUT2D eigenvalue weighted by Gasteiger charge is -2.19. The van der Waals surface area contributed by atoms with Crippen molar-refractivity contribution in [3.63, 3.8) is 0 Å². The fourth-order valence-corrected chi connectivity index (χ4v) is 2.18. The molecule has 0 amide bonds. The van der Waals surface area contributed by atoms with E-state index >= 15 is 0 Å². The van der Waals surface area contributed by atoms with Gasteiger partial charge in [0, 0.05) is 6.42 Å². The van der Waals surface area contributed by atoms with Crippen LogP contribution < -0.4 is 0 Å². The highest BCUT2D eigenvalue weighted by molar-refractivity contribution is 5.93. The van der Waals surface area contributed by atoms with E-state index in [1.54, 1.807) is 0 Å². The maximum absolute atomic E-state index is 11.2. The van der Waals surface area contributed by atoms with Crippen LogP contribution in [0.4, 0.5) is 0 Å². The molecule has 0 saturated carbocycles. The standard InChI is InChI=1S/C16H20O/c1-16(2,3)14-7-4-12(5-8-14)10-13-6-9-15(17)11-13/h4-5,7-8,11H,6,9-10H2,1-3H3. The Hall–Kier alpha value is -1.37. The van der Waals surface area contributed by atoms with Crippen molar-refractivity contribution in [2.75, 3.05) is 0 Å². The van der Waals surface area contributed by atoms with Crippen LogP contribution in [0.15, 0.2) is 35.9 Å². The lowest BCUT2D eigenvalue weighted by atomic mass is 9.86. The third-order valence-corrected chi connectivity index (χ3v) is 3.31. The topological polar surface area (TPSA) is 17.1 Å². The van der Waals surface area contributed by atoms with Crippen molar-refractivity contribution in [2.45, 2.75) is 45.4 Å². The molecule has 1 aromatic rings. The molecule has 1 aromatic carbocycles. The first-order valence-corrected chi connectivity index (χ1v) is 6.27. The van der Waals surface area contributed by atoms with Crippen LogP contribution in [0.25, 0.3) is 0 Å². The minimum atomic E-state index is 0.209. The monoisotopic (exact) mass is 228 g/mol. The molecule has 90 valence electrons. The fraction of sp³-hybridized carbons (Fsp3) is 0.438. The number of allylic oxidation sites excluding steroid dienone is 2. The first kappa shape index (κ1) is 12.1. The average Bonchev–Trinajstić information content (AvgIpc) is 2.63. The van der Waals surface area contributed by atoms with E-state index in [2.05, 4.69) is 45.0 Å². The Kier molecular flexibility index (Phi) is 3.19. The van der Waals surface area contributed by atoms with Gasteiger partial charge in [0.15, 0.2) is 5.78 Å². The first-order valence-electron chi connectivity index (χ1n) is 6.27. The minimum Gasteiger partial charge on any atom is -0.295 e. The molecule has 1 heteroatoms. The minimum absolute atomic E-state index is 0.209. The fourth-order valence-electron chi connectivity index (χ4n) is 2.18. The van der Waals surface area contributed by atoms with Crippen LogP contribution in [0, 0.1) is 0 Å². The van der Waals surface area contributed by atoms with Crippen molar-refractivity contribution in [3.8, 4) is 0 Å². The molecular formula is C16H20O. The lowest BCUT2D eigenvalue weighted by molar-refractivity contribution is -0.114. The lowest BCUT2D eigenvalue weighted by Crippen LogP contribution is -2.10. The van der Waals surface area contributed by atoms with Crippen LogP contribution >= 0.6 is 0 Å². The van der Waals surface area contributed by atoms with Crippen molar-refractivity contribution in [2.24, 2.45) is 0 Å². The van der Waals surface area contributed by atoms with Crippen molar-refractivity contribution < 1.29 is 4.79 Å². The molecule has 0 saturated heterocycles. The van der Waals surface area contributed by atoms with Gasteiger partial charge < -0.3 is 0 Å². The summed E-state index contributed by atoms with van der Waals surface area (Å²) in [5.74, 6) is 0.284. The molecule has 0 aromatic heterocycles. The second-order valence-electron chi connectivity index (χ2n) is 5.89. The van der Waals surface area contributed by atoms with Crippen LogP contribution in [-0.4, -0.2) is 5.78 Å². The third kappa shape index (κ3) is 3.06. The summed E-state index contributed by atoms with van der Waals surface area (Å²) in [6.45, 7) is 6.67. The predicted octanol–water partition coefficient (Wildman–Crippen LogP) is 3.82. The zero-order valence-electron chi connectivity index (χ0n) is 10.9.